The molecule has 1 saturated heterocycles. The highest BCUT2D eigenvalue weighted by molar-refractivity contribution is 6.38. The summed E-state index contributed by atoms with van der Waals surface area (Å²) in [5, 5.41) is 0. The minimum atomic E-state index is -0.327. The van der Waals surface area contributed by atoms with Crippen LogP contribution >= 0.6 is 0 Å². The molecule has 0 aromatic heterocycles. The summed E-state index contributed by atoms with van der Waals surface area (Å²) in [5.41, 5.74) is -0.239. The second kappa shape index (κ2) is 6.50. The van der Waals surface area contributed by atoms with Crippen molar-refractivity contribution in [3.05, 3.63) is 0 Å². The summed E-state index contributed by atoms with van der Waals surface area (Å²) in [4.78, 5) is 0. The van der Waals surface area contributed by atoms with Crippen molar-refractivity contribution in [2.75, 3.05) is 13.2 Å². The Morgan fingerprint density at radius 3 is 2.50 bits per heavy atom. The molecule has 1 heterocycles. The summed E-state index contributed by atoms with van der Waals surface area (Å²) >= 11 is 0. The molecule has 106 valence electrons. The Labute approximate surface area is 113 Å². The summed E-state index contributed by atoms with van der Waals surface area (Å²) in [6, 6.07) is 1.33. The van der Waals surface area contributed by atoms with Gasteiger partial charge in [-0.15, -0.1) is 0 Å². The van der Waals surface area contributed by atoms with Crippen molar-refractivity contribution in [3.63, 3.8) is 0 Å². The van der Waals surface area contributed by atoms with Crippen molar-refractivity contribution in [2.45, 2.75) is 70.1 Å². The van der Waals surface area contributed by atoms with E-state index in [-0.39, 0.29) is 14.9 Å². The molecule has 0 radical (unpaired) electrons. The molecule has 1 aliphatic heterocycles. The van der Waals surface area contributed by atoms with E-state index in [0.717, 1.165) is 19.1 Å². The largest absolute Gasteiger partial charge is 0.370 e. The van der Waals surface area contributed by atoms with Crippen LogP contribution in [0, 0.1) is 5.92 Å². The monoisotopic (exact) mass is 272 g/mol. The fourth-order valence-corrected chi connectivity index (χ4v) is 5.38. The van der Waals surface area contributed by atoms with E-state index < -0.39 is 0 Å². The molecule has 2 rings (SSSR count). The molecule has 3 nitrogen and oxygen atoms in total. The van der Waals surface area contributed by atoms with Gasteiger partial charge >= 0.3 is 0 Å². The molecule has 0 spiro atoms. The number of fused-ring (bicyclic) bond motifs is 1. The third-order valence-electron chi connectivity index (χ3n) is 4.26. The maximum Gasteiger partial charge on any atom is 0.142 e. The Morgan fingerprint density at radius 2 is 1.89 bits per heavy atom. The number of rotatable bonds is 8. The average Bonchev–Trinajstić information content (AvgIpc) is 3.08. The molecule has 0 N–H and O–H groups in total. The zero-order chi connectivity index (χ0) is 13.0. The highest BCUT2D eigenvalue weighted by Gasteiger charge is 2.43. The SMILES string of the molecule is CCOC(C)(OCC)[SiH2]CCC1CCC2OC2C1. The third kappa shape index (κ3) is 4.05. The van der Waals surface area contributed by atoms with Crippen LogP contribution in [0.2, 0.25) is 6.04 Å². The maximum absolute atomic E-state index is 5.80. The zero-order valence-corrected chi connectivity index (χ0v) is 13.5. The van der Waals surface area contributed by atoms with Crippen molar-refractivity contribution < 1.29 is 14.2 Å². The standard InChI is InChI=1S/C14H28O3Si/c1-4-15-14(3,16-5-2)18-9-8-11-6-7-12-13(10-11)17-12/h11-13H,4-10,18H2,1-3H3. The normalized spacial score (nSPS) is 31.8. The van der Waals surface area contributed by atoms with E-state index in [1.54, 1.807) is 0 Å². The van der Waals surface area contributed by atoms with E-state index in [1.165, 1.54) is 31.7 Å². The molecule has 1 saturated carbocycles. The fraction of sp³-hybridized carbons (Fsp3) is 1.00. The molecule has 0 aromatic rings. The lowest BCUT2D eigenvalue weighted by atomic mass is 9.88. The number of hydrogen-bond acceptors (Lipinski definition) is 3. The van der Waals surface area contributed by atoms with Crippen LogP contribution in [-0.2, 0) is 14.2 Å². The van der Waals surface area contributed by atoms with Gasteiger partial charge in [0.25, 0.3) is 0 Å². The van der Waals surface area contributed by atoms with Crippen molar-refractivity contribution in [2.24, 2.45) is 5.92 Å². The fourth-order valence-electron chi connectivity index (χ4n) is 3.26. The molecule has 1 aliphatic carbocycles. The highest BCUT2D eigenvalue weighted by Crippen LogP contribution is 2.41. The summed E-state index contributed by atoms with van der Waals surface area (Å²) in [7, 11) is -0.327. The molecule has 3 atom stereocenters. The first-order valence-electron chi connectivity index (χ1n) is 7.60. The van der Waals surface area contributed by atoms with Gasteiger partial charge in [0, 0.05) is 13.2 Å². The second-order valence-electron chi connectivity index (χ2n) is 5.78. The minimum Gasteiger partial charge on any atom is -0.370 e. The first-order valence-corrected chi connectivity index (χ1v) is 9.31. The molecule has 18 heavy (non-hydrogen) atoms. The lowest BCUT2D eigenvalue weighted by Gasteiger charge is -2.30. The van der Waals surface area contributed by atoms with Gasteiger partial charge in [-0.3, -0.25) is 0 Å². The summed E-state index contributed by atoms with van der Waals surface area (Å²) in [6.07, 6.45) is 6.58. The lowest BCUT2D eigenvalue weighted by molar-refractivity contribution is -0.163. The van der Waals surface area contributed by atoms with Crippen LogP contribution in [-0.4, -0.2) is 40.4 Å². The number of epoxide rings is 1. The van der Waals surface area contributed by atoms with Gasteiger partial charge < -0.3 is 14.2 Å². The van der Waals surface area contributed by atoms with Crippen molar-refractivity contribution in [3.8, 4) is 0 Å². The number of ether oxygens (including phenoxy) is 3. The van der Waals surface area contributed by atoms with Gasteiger partial charge in [-0.2, -0.15) is 0 Å². The smallest absolute Gasteiger partial charge is 0.142 e. The molecule has 2 aliphatic rings. The Hall–Kier alpha value is 0.0969. The van der Waals surface area contributed by atoms with Gasteiger partial charge in [0.1, 0.15) is 5.41 Å². The van der Waals surface area contributed by atoms with Crippen LogP contribution in [0.5, 0.6) is 0 Å². The zero-order valence-electron chi connectivity index (χ0n) is 12.1. The molecule has 0 aromatic carbocycles. The molecule has 2 fully saturated rings. The lowest BCUT2D eigenvalue weighted by Crippen LogP contribution is -2.39. The first-order chi connectivity index (χ1) is 8.67. The molecular formula is C14H28O3Si. The molecule has 0 bridgehead atoms. The van der Waals surface area contributed by atoms with Crippen molar-refractivity contribution >= 4 is 9.52 Å². The van der Waals surface area contributed by atoms with E-state index in [9.17, 15) is 0 Å². The van der Waals surface area contributed by atoms with Crippen LogP contribution in [0.15, 0.2) is 0 Å². The van der Waals surface area contributed by atoms with Crippen LogP contribution in [0.25, 0.3) is 0 Å². The Bertz CT molecular complexity index is 253. The van der Waals surface area contributed by atoms with Crippen LogP contribution in [0.3, 0.4) is 0 Å². The molecule has 0 amide bonds. The highest BCUT2D eigenvalue weighted by atomic mass is 28.2. The van der Waals surface area contributed by atoms with E-state index in [1.807, 2.05) is 0 Å². The van der Waals surface area contributed by atoms with E-state index in [4.69, 9.17) is 14.2 Å². The quantitative estimate of drug-likeness (QED) is 0.386. The third-order valence-corrected chi connectivity index (χ3v) is 6.33. The van der Waals surface area contributed by atoms with Gasteiger partial charge in [-0.25, -0.2) is 0 Å². The molecular weight excluding hydrogens is 244 g/mol. The first kappa shape index (κ1) is 14.5. The van der Waals surface area contributed by atoms with E-state index in [2.05, 4.69) is 20.8 Å². The molecule has 4 heteroatoms. The molecule has 3 unspecified atom stereocenters. The van der Waals surface area contributed by atoms with Crippen LogP contribution < -0.4 is 0 Å². The van der Waals surface area contributed by atoms with Gasteiger partial charge in [-0.05, 0) is 46.0 Å². The summed E-state index contributed by atoms with van der Waals surface area (Å²) < 4.78 is 17.2. The minimum absolute atomic E-state index is 0.239. The van der Waals surface area contributed by atoms with Gasteiger partial charge in [0.05, 0.1) is 21.7 Å². The number of hydrogen-bond donors (Lipinski definition) is 0. The van der Waals surface area contributed by atoms with E-state index in [0.29, 0.717) is 12.2 Å². The predicted molar refractivity (Wildman–Crippen MR) is 75.6 cm³/mol. The van der Waals surface area contributed by atoms with Crippen molar-refractivity contribution in [1.29, 1.82) is 0 Å². The van der Waals surface area contributed by atoms with Crippen LogP contribution in [0.4, 0.5) is 0 Å². The topological polar surface area (TPSA) is 31.0 Å². The van der Waals surface area contributed by atoms with Crippen molar-refractivity contribution in [1.82, 2.24) is 0 Å². The summed E-state index contributed by atoms with van der Waals surface area (Å²) in [6.45, 7) is 7.75. The Morgan fingerprint density at radius 1 is 1.17 bits per heavy atom. The summed E-state index contributed by atoms with van der Waals surface area (Å²) in [5.74, 6) is 0.897. The van der Waals surface area contributed by atoms with Gasteiger partial charge in [-0.1, -0.05) is 12.5 Å². The second-order valence-corrected chi connectivity index (χ2v) is 8.28. The predicted octanol–water partition coefficient (Wildman–Crippen LogP) is 2.28. The van der Waals surface area contributed by atoms with Gasteiger partial charge in [0.2, 0.25) is 0 Å². The Kier molecular flexibility index (Phi) is 5.24. The Balaban J connectivity index is 1.65. The maximum atomic E-state index is 5.80. The van der Waals surface area contributed by atoms with E-state index >= 15 is 0 Å². The van der Waals surface area contributed by atoms with Crippen LogP contribution in [0.1, 0.15) is 46.5 Å². The van der Waals surface area contributed by atoms with Gasteiger partial charge in [0.15, 0.2) is 0 Å². The average molecular weight is 272 g/mol.